The molecule has 0 atom stereocenters. The Bertz CT molecular complexity index is 786. The van der Waals surface area contributed by atoms with Gasteiger partial charge in [0.2, 0.25) is 0 Å². The predicted molar refractivity (Wildman–Crippen MR) is 122 cm³/mol. The van der Waals surface area contributed by atoms with Gasteiger partial charge in [0.05, 0.1) is 12.2 Å². The molecule has 1 fully saturated rings. The Labute approximate surface area is 180 Å². The van der Waals surface area contributed by atoms with Gasteiger partial charge < -0.3 is 20.1 Å². The third-order valence-electron chi connectivity index (χ3n) is 5.54. The molecule has 0 aliphatic carbocycles. The lowest BCUT2D eigenvalue weighted by atomic mass is 10.1. The van der Waals surface area contributed by atoms with Gasteiger partial charge in [-0.05, 0) is 43.9 Å². The molecule has 2 aromatic rings. The van der Waals surface area contributed by atoms with Crippen LogP contribution in [0.1, 0.15) is 69.0 Å². The molecule has 1 aliphatic rings. The SMILES string of the molecule is CCNC(=NCc1ccnc(N2CCCCCC2)c1)NCc1c(CC)noc1CC. The average Bonchev–Trinajstić information content (AvgIpc) is 2.97. The van der Waals surface area contributed by atoms with Gasteiger partial charge in [0.1, 0.15) is 11.6 Å². The van der Waals surface area contributed by atoms with Crippen LogP contribution in [0.3, 0.4) is 0 Å². The summed E-state index contributed by atoms with van der Waals surface area (Å²) in [6.45, 7) is 10.6. The Kier molecular flexibility index (Phi) is 8.53. The molecule has 1 saturated heterocycles. The van der Waals surface area contributed by atoms with Crippen LogP contribution in [0.2, 0.25) is 0 Å². The fourth-order valence-electron chi connectivity index (χ4n) is 3.85. The number of aromatic nitrogens is 2. The number of hydrogen-bond donors (Lipinski definition) is 2. The molecule has 0 spiro atoms. The third-order valence-corrected chi connectivity index (χ3v) is 5.54. The summed E-state index contributed by atoms with van der Waals surface area (Å²) in [4.78, 5) is 11.8. The first kappa shape index (κ1) is 22.1. The molecule has 164 valence electrons. The van der Waals surface area contributed by atoms with Crippen molar-refractivity contribution >= 4 is 11.8 Å². The van der Waals surface area contributed by atoms with Crippen LogP contribution in [0, 0.1) is 0 Å². The molecule has 2 N–H and O–H groups in total. The van der Waals surface area contributed by atoms with Crippen LogP contribution in [-0.2, 0) is 25.9 Å². The molecule has 30 heavy (non-hydrogen) atoms. The van der Waals surface area contributed by atoms with Gasteiger partial charge in [0.15, 0.2) is 5.96 Å². The molecule has 0 radical (unpaired) electrons. The highest BCUT2D eigenvalue weighted by Gasteiger charge is 2.14. The van der Waals surface area contributed by atoms with Crippen molar-refractivity contribution in [3.05, 3.63) is 40.9 Å². The summed E-state index contributed by atoms with van der Waals surface area (Å²) >= 11 is 0. The molecular weight excluding hydrogens is 376 g/mol. The standard InChI is InChI=1S/C23H36N6O/c1-4-20-19(21(5-2)30-28-20)17-27-23(24-6-3)26-16-18-11-12-25-22(15-18)29-13-9-7-8-10-14-29/h11-12,15H,4-10,13-14,16-17H2,1-3H3,(H2,24,26,27). The normalized spacial score (nSPS) is 15.2. The Balaban J connectivity index is 1.66. The molecule has 3 rings (SSSR count). The minimum absolute atomic E-state index is 0.615. The summed E-state index contributed by atoms with van der Waals surface area (Å²) in [5.41, 5.74) is 3.35. The van der Waals surface area contributed by atoms with Gasteiger partial charge in [-0.15, -0.1) is 0 Å². The van der Waals surface area contributed by atoms with Crippen LogP contribution in [0.15, 0.2) is 27.8 Å². The van der Waals surface area contributed by atoms with Crippen molar-refractivity contribution < 1.29 is 4.52 Å². The van der Waals surface area contributed by atoms with Gasteiger partial charge in [-0.25, -0.2) is 9.98 Å². The molecular formula is C23H36N6O. The minimum atomic E-state index is 0.615. The largest absolute Gasteiger partial charge is 0.361 e. The van der Waals surface area contributed by atoms with E-state index in [4.69, 9.17) is 9.52 Å². The fourth-order valence-corrected chi connectivity index (χ4v) is 3.85. The Morgan fingerprint density at radius 3 is 2.60 bits per heavy atom. The molecule has 2 aromatic heterocycles. The van der Waals surface area contributed by atoms with Crippen molar-refractivity contribution in [1.82, 2.24) is 20.8 Å². The van der Waals surface area contributed by atoms with Crippen LogP contribution in [0.5, 0.6) is 0 Å². The first-order valence-electron chi connectivity index (χ1n) is 11.4. The number of aryl methyl sites for hydroxylation is 2. The Morgan fingerprint density at radius 1 is 1.10 bits per heavy atom. The quantitative estimate of drug-likeness (QED) is 0.507. The number of anilines is 1. The number of nitrogens with one attached hydrogen (secondary N) is 2. The molecule has 3 heterocycles. The Hall–Kier alpha value is -2.57. The maximum Gasteiger partial charge on any atom is 0.191 e. The van der Waals surface area contributed by atoms with E-state index in [0.29, 0.717) is 13.1 Å². The van der Waals surface area contributed by atoms with Crippen LogP contribution in [0.25, 0.3) is 0 Å². The Morgan fingerprint density at radius 2 is 1.90 bits per heavy atom. The van der Waals surface area contributed by atoms with E-state index in [1.807, 2.05) is 6.20 Å². The molecule has 0 aromatic carbocycles. The molecule has 0 unspecified atom stereocenters. The second kappa shape index (κ2) is 11.6. The first-order valence-corrected chi connectivity index (χ1v) is 11.4. The first-order chi connectivity index (χ1) is 14.7. The van der Waals surface area contributed by atoms with E-state index in [9.17, 15) is 0 Å². The van der Waals surface area contributed by atoms with Gasteiger partial charge in [-0.3, -0.25) is 0 Å². The second-order valence-corrected chi connectivity index (χ2v) is 7.71. The monoisotopic (exact) mass is 412 g/mol. The molecule has 0 amide bonds. The van der Waals surface area contributed by atoms with E-state index in [1.165, 1.54) is 31.2 Å². The van der Waals surface area contributed by atoms with E-state index in [1.54, 1.807) is 0 Å². The lowest BCUT2D eigenvalue weighted by Gasteiger charge is -2.21. The minimum Gasteiger partial charge on any atom is -0.361 e. The number of pyridine rings is 1. The van der Waals surface area contributed by atoms with Crippen molar-refractivity contribution in [3.8, 4) is 0 Å². The van der Waals surface area contributed by atoms with Crippen molar-refractivity contribution in [2.45, 2.75) is 72.4 Å². The van der Waals surface area contributed by atoms with Gasteiger partial charge in [-0.1, -0.05) is 31.8 Å². The van der Waals surface area contributed by atoms with E-state index in [2.05, 4.69) is 58.6 Å². The zero-order valence-electron chi connectivity index (χ0n) is 18.7. The molecule has 1 aliphatic heterocycles. The number of hydrogen-bond acceptors (Lipinski definition) is 5. The zero-order chi connectivity index (χ0) is 21.2. The third kappa shape index (κ3) is 5.97. The fraction of sp³-hybridized carbons (Fsp3) is 0.609. The maximum absolute atomic E-state index is 5.48. The van der Waals surface area contributed by atoms with Gasteiger partial charge in [-0.2, -0.15) is 0 Å². The van der Waals surface area contributed by atoms with Crippen LogP contribution < -0.4 is 15.5 Å². The summed E-state index contributed by atoms with van der Waals surface area (Å²) < 4.78 is 5.48. The van der Waals surface area contributed by atoms with Crippen molar-refractivity contribution in [2.24, 2.45) is 4.99 Å². The highest BCUT2D eigenvalue weighted by Crippen LogP contribution is 2.19. The van der Waals surface area contributed by atoms with Crippen LogP contribution >= 0.6 is 0 Å². The lowest BCUT2D eigenvalue weighted by molar-refractivity contribution is 0.380. The van der Waals surface area contributed by atoms with Crippen molar-refractivity contribution in [3.63, 3.8) is 0 Å². The van der Waals surface area contributed by atoms with E-state index in [-0.39, 0.29) is 0 Å². The van der Waals surface area contributed by atoms with Crippen molar-refractivity contribution in [1.29, 1.82) is 0 Å². The number of aliphatic imine (C=N–C) groups is 1. The lowest BCUT2D eigenvalue weighted by Crippen LogP contribution is -2.37. The molecule has 0 saturated carbocycles. The van der Waals surface area contributed by atoms with Gasteiger partial charge in [0.25, 0.3) is 0 Å². The average molecular weight is 413 g/mol. The highest BCUT2D eigenvalue weighted by atomic mass is 16.5. The number of rotatable bonds is 8. The van der Waals surface area contributed by atoms with E-state index < -0.39 is 0 Å². The van der Waals surface area contributed by atoms with E-state index >= 15 is 0 Å². The summed E-state index contributed by atoms with van der Waals surface area (Å²) in [6.07, 6.45) is 8.76. The zero-order valence-corrected chi connectivity index (χ0v) is 18.7. The van der Waals surface area contributed by atoms with E-state index in [0.717, 1.165) is 61.3 Å². The van der Waals surface area contributed by atoms with Crippen LogP contribution in [0.4, 0.5) is 5.82 Å². The van der Waals surface area contributed by atoms with Gasteiger partial charge >= 0.3 is 0 Å². The van der Waals surface area contributed by atoms with Crippen LogP contribution in [-0.4, -0.2) is 35.7 Å². The second-order valence-electron chi connectivity index (χ2n) is 7.71. The summed E-state index contributed by atoms with van der Waals surface area (Å²) in [5, 5.41) is 11.0. The van der Waals surface area contributed by atoms with Crippen molar-refractivity contribution in [2.75, 3.05) is 24.5 Å². The predicted octanol–water partition coefficient (Wildman–Crippen LogP) is 3.83. The summed E-state index contributed by atoms with van der Waals surface area (Å²) in [5.74, 6) is 2.83. The topological polar surface area (TPSA) is 78.6 Å². The molecule has 0 bridgehead atoms. The smallest absolute Gasteiger partial charge is 0.191 e. The van der Waals surface area contributed by atoms with Gasteiger partial charge in [0, 0.05) is 44.4 Å². The summed E-state index contributed by atoms with van der Waals surface area (Å²) in [6, 6.07) is 4.24. The molecule has 7 nitrogen and oxygen atoms in total. The molecule has 7 heteroatoms. The maximum atomic E-state index is 5.48. The highest BCUT2D eigenvalue weighted by molar-refractivity contribution is 5.79. The number of nitrogens with zero attached hydrogens (tertiary/aromatic N) is 4. The summed E-state index contributed by atoms with van der Waals surface area (Å²) in [7, 11) is 0. The number of guanidine groups is 1.